The summed E-state index contributed by atoms with van der Waals surface area (Å²) in [5.41, 5.74) is 0. The minimum Gasteiger partial charge on any atom is -0.480 e. The second-order valence-corrected chi connectivity index (χ2v) is 6.03. The van der Waals surface area contributed by atoms with Gasteiger partial charge in [-0.05, 0) is 37.8 Å². The molecule has 2 amide bonds. The molecule has 1 unspecified atom stereocenters. The fourth-order valence-electron chi connectivity index (χ4n) is 2.44. The van der Waals surface area contributed by atoms with Gasteiger partial charge in [-0.25, -0.2) is 9.59 Å². The first-order valence-corrected chi connectivity index (χ1v) is 7.39. The highest BCUT2D eigenvalue weighted by Gasteiger charge is 2.23. The Morgan fingerprint density at radius 1 is 1.20 bits per heavy atom. The number of amides is 2. The van der Waals surface area contributed by atoms with Crippen LogP contribution in [0.1, 0.15) is 33.6 Å². The zero-order valence-corrected chi connectivity index (χ0v) is 12.7. The third-order valence-corrected chi connectivity index (χ3v) is 3.60. The first kappa shape index (κ1) is 16.8. The van der Waals surface area contributed by atoms with Crippen LogP contribution >= 0.6 is 0 Å². The first-order chi connectivity index (χ1) is 9.40. The normalized spacial score (nSPS) is 18.8. The molecule has 0 radical (unpaired) electrons. The average molecular weight is 285 g/mol. The number of carbonyl (C=O) groups excluding carboxylic acids is 1. The third-order valence-electron chi connectivity index (χ3n) is 3.60. The van der Waals surface area contributed by atoms with Crippen LogP contribution in [0.3, 0.4) is 0 Å². The van der Waals surface area contributed by atoms with Crippen LogP contribution in [0.15, 0.2) is 0 Å². The van der Waals surface area contributed by atoms with Crippen LogP contribution in [0.2, 0.25) is 0 Å². The summed E-state index contributed by atoms with van der Waals surface area (Å²) in [6.07, 6.45) is 2.52. The Morgan fingerprint density at radius 3 is 2.30 bits per heavy atom. The van der Waals surface area contributed by atoms with Crippen LogP contribution in [-0.4, -0.2) is 54.2 Å². The molecule has 1 fully saturated rings. The number of rotatable bonds is 7. The highest BCUT2D eigenvalue weighted by atomic mass is 16.4. The standard InChI is InChI=1S/C14H27N3O3/c1-10(2)12(13(18)19)16-14(20)15-8-11(3)9-17-6-4-5-7-17/h10-12H,4-9H2,1-3H3,(H,18,19)(H2,15,16,20)/t11?,12-/m0/s1. The summed E-state index contributed by atoms with van der Waals surface area (Å²) in [5.74, 6) is -0.776. The smallest absolute Gasteiger partial charge is 0.326 e. The van der Waals surface area contributed by atoms with Crippen molar-refractivity contribution in [2.75, 3.05) is 26.2 Å². The summed E-state index contributed by atoms with van der Waals surface area (Å²) < 4.78 is 0. The van der Waals surface area contributed by atoms with Gasteiger partial charge in [0, 0.05) is 13.1 Å². The molecule has 0 aliphatic carbocycles. The molecular formula is C14H27N3O3. The molecule has 3 N–H and O–H groups in total. The van der Waals surface area contributed by atoms with Crippen LogP contribution in [0.25, 0.3) is 0 Å². The molecule has 6 heteroatoms. The summed E-state index contributed by atoms with van der Waals surface area (Å²) >= 11 is 0. The van der Waals surface area contributed by atoms with E-state index in [2.05, 4.69) is 22.5 Å². The van der Waals surface area contributed by atoms with Crippen LogP contribution in [0.4, 0.5) is 4.79 Å². The van der Waals surface area contributed by atoms with Gasteiger partial charge in [0.05, 0.1) is 0 Å². The zero-order valence-electron chi connectivity index (χ0n) is 12.7. The molecule has 1 saturated heterocycles. The number of carboxylic acids is 1. The number of likely N-dealkylation sites (tertiary alicyclic amines) is 1. The molecule has 0 saturated carbocycles. The van der Waals surface area contributed by atoms with Crippen molar-refractivity contribution in [3.63, 3.8) is 0 Å². The van der Waals surface area contributed by atoms with Crippen LogP contribution in [0.5, 0.6) is 0 Å². The van der Waals surface area contributed by atoms with Gasteiger partial charge in [-0.2, -0.15) is 0 Å². The predicted octanol–water partition coefficient (Wildman–Crippen LogP) is 1.13. The molecule has 0 aromatic rings. The minimum absolute atomic E-state index is 0.139. The summed E-state index contributed by atoms with van der Waals surface area (Å²) in [6.45, 7) is 9.47. The number of nitrogens with zero attached hydrogens (tertiary/aromatic N) is 1. The summed E-state index contributed by atoms with van der Waals surface area (Å²) in [4.78, 5) is 25.1. The quantitative estimate of drug-likeness (QED) is 0.655. The van der Waals surface area contributed by atoms with E-state index in [-0.39, 0.29) is 5.92 Å². The number of aliphatic carboxylic acids is 1. The zero-order chi connectivity index (χ0) is 15.1. The largest absolute Gasteiger partial charge is 0.480 e. The van der Waals surface area contributed by atoms with Crippen LogP contribution in [-0.2, 0) is 4.79 Å². The fraction of sp³-hybridized carbons (Fsp3) is 0.857. The molecule has 2 atom stereocenters. The second kappa shape index (κ2) is 8.09. The van der Waals surface area contributed by atoms with Gasteiger partial charge in [0.15, 0.2) is 0 Å². The van der Waals surface area contributed by atoms with Gasteiger partial charge in [-0.1, -0.05) is 20.8 Å². The molecule has 1 rings (SSSR count). The maximum absolute atomic E-state index is 11.7. The minimum atomic E-state index is -1.000. The van der Waals surface area contributed by atoms with Gasteiger partial charge in [0.2, 0.25) is 0 Å². The van der Waals surface area contributed by atoms with E-state index < -0.39 is 18.0 Å². The summed E-state index contributed by atoms with van der Waals surface area (Å²) in [7, 11) is 0. The van der Waals surface area contributed by atoms with E-state index in [4.69, 9.17) is 5.11 Å². The van der Waals surface area contributed by atoms with E-state index >= 15 is 0 Å². The Bertz CT molecular complexity index is 328. The van der Waals surface area contributed by atoms with Crippen molar-refractivity contribution in [2.45, 2.75) is 39.7 Å². The highest BCUT2D eigenvalue weighted by Crippen LogP contribution is 2.09. The Labute approximate surface area is 120 Å². The number of hydrogen-bond acceptors (Lipinski definition) is 3. The van der Waals surface area contributed by atoms with Crippen molar-refractivity contribution < 1.29 is 14.7 Å². The molecular weight excluding hydrogens is 258 g/mol. The van der Waals surface area contributed by atoms with Crippen molar-refractivity contribution in [2.24, 2.45) is 11.8 Å². The number of nitrogens with one attached hydrogen (secondary N) is 2. The molecule has 0 aromatic carbocycles. The van der Waals surface area contributed by atoms with Gasteiger partial charge < -0.3 is 20.6 Å². The molecule has 1 aliphatic rings. The van der Waals surface area contributed by atoms with E-state index in [0.29, 0.717) is 12.5 Å². The average Bonchev–Trinajstić information content (AvgIpc) is 2.85. The van der Waals surface area contributed by atoms with E-state index in [1.807, 2.05) is 0 Å². The summed E-state index contributed by atoms with van der Waals surface area (Å²) in [6, 6.07) is -1.25. The summed E-state index contributed by atoms with van der Waals surface area (Å²) in [5, 5.41) is 14.3. The van der Waals surface area contributed by atoms with Crippen molar-refractivity contribution in [3.8, 4) is 0 Å². The van der Waals surface area contributed by atoms with E-state index in [9.17, 15) is 9.59 Å². The predicted molar refractivity (Wildman–Crippen MR) is 77.6 cm³/mol. The molecule has 0 spiro atoms. The first-order valence-electron chi connectivity index (χ1n) is 7.39. The fourth-order valence-corrected chi connectivity index (χ4v) is 2.44. The topological polar surface area (TPSA) is 81.7 Å². The van der Waals surface area contributed by atoms with Gasteiger partial charge in [-0.3, -0.25) is 0 Å². The molecule has 1 heterocycles. The van der Waals surface area contributed by atoms with Crippen molar-refractivity contribution in [3.05, 3.63) is 0 Å². The molecule has 6 nitrogen and oxygen atoms in total. The Balaban J connectivity index is 2.25. The SMILES string of the molecule is CC(CNC(=O)N[C@H](C(=O)O)C(C)C)CN1CCCC1. The molecule has 1 aliphatic heterocycles. The number of carbonyl (C=O) groups is 2. The second-order valence-electron chi connectivity index (χ2n) is 6.03. The lowest BCUT2D eigenvalue weighted by Crippen LogP contribution is -2.49. The molecule has 116 valence electrons. The van der Waals surface area contributed by atoms with Gasteiger partial charge in [0.25, 0.3) is 0 Å². The van der Waals surface area contributed by atoms with E-state index in [1.54, 1.807) is 13.8 Å². The lowest BCUT2D eigenvalue weighted by atomic mass is 10.1. The Kier molecular flexibility index (Phi) is 6.78. The Morgan fingerprint density at radius 2 is 1.80 bits per heavy atom. The number of carboxylic acid groups (broad SMARTS) is 1. The monoisotopic (exact) mass is 285 g/mol. The Hall–Kier alpha value is -1.30. The maximum atomic E-state index is 11.7. The van der Waals surface area contributed by atoms with E-state index in [1.165, 1.54) is 12.8 Å². The van der Waals surface area contributed by atoms with Crippen molar-refractivity contribution in [1.82, 2.24) is 15.5 Å². The van der Waals surface area contributed by atoms with Crippen LogP contribution < -0.4 is 10.6 Å². The van der Waals surface area contributed by atoms with Gasteiger partial charge >= 0.3 is 12.0 Å². The molecule has 0 bridgehead atoms. The van der Waals surface area contributed by atoms with Crippen LogP contribution in [0, 0.1) is 11.8 Å². The van der Waals surface area contributed by atoms with Gasteiger partial charge in [0.1, 0.15) is 6.04 Å². The maximum Gasteiger partial charge on any atom is 0.326 e. The lowest BCUT2D eigenvalue weighted by molar-refractivity contribution is -0.140. The lowest BCUT2D eigenvalue weighted by Gasteiger charge is -2.22. The highest BCUT2D eigenvalue weighted by molar-refractivity contribution is 5.82. The molecule has 0 aromatic heterocycles. The van der Waals surface area contributed by atoms with Crippen molar-refractivity contribution >= 4 is 12.0 Å². The van der Waals surface area contributed by atoms with E-state index in [0.717, 1.165) is 19.6 Å². The van der Waals surface area contributed by atoms with Crippen molar-refractivity contribution in [1.29, 1.82) is 0 Å². The molecule has 20 heavy (non-hydrogen) atoms. The third kappa shape index (κ3) is 5.77. The van der Waals surface area contributed by atoms with Gasteiger partial charge in [-0.15, -0.1) is 0 Å². The number of urea groups is 1. The number of hydrogen-bond donors (Lipinski definition) is 3.